The predicted molar refractivity (Wildman–Crippen MR) is 76.0 cm³/mol. The van der Waals surface area contributed by atoms with Gasteiger partial charge in [0.2, 0.25) is 5.95 Å². The Hall–Kier alpha value is -1.65. The zero-order chi connectivity index (χ0) is 13.9. The molecule has 2 aliphatic rings. The van der Waals surface area contributed by atoms with Gasteiger partial charge < -0.3 is 10.4 Å². The first-order valence-corrected chi connectivity index (χ1v) is 7.58. The molecule has 1 aromatic heterocycles. The topological polar surface area (TPSA) is 75.1 Å². The lowest BCUT2D eigenvalue weighted by atomic mass is 9.86. The summed E-state index contributed by atoms with van der Waals surface area (Å²) < 4.78 is 0. The molecule has 1 heterocycles. The molecule has 5 nitrogen and oxygen atoms in total. The van der Waals surface area contributed by atoms with E-state index in [0.717, 1.165) is 25.1 Å². The molecule has 2 N–H and O–H groups in total. The van der Waals surface area contributed by atoms with Gasteiger partial charge in [-0.25, -0.2) is 14.8 Å². The number of hydrogen-bond acceptors (Lipinski definition) is 4. The lowest BCUT2D eigenvalue weighted by Gasteiger charge is -2.21. The van der Waals surface area contributed by atoms with Crippen molar-refractivity contribution in [3.8, 4) is 0 Å². The number of anilines is 1. The van der Waals surface area contributed by atoms with E-state index in [-0.39, 0.29) is 5.69 Å². The summed E-state index contributed by atoms with van der Waals surface area (Å²) in [5.41, 5.74) is 1.01. The van der Waals surface area contributed by atoms with Gasteiger partial charge in [0.15, 0.2) is 5.69 Å². The standard InChI is InChI=1S/C15H21N3O2/c19-14(20)13-8-12(11-4-2-1-3-5-11)17-15(18-13)16-9-10-6-7-10/h8,10-11H,1-7,9H2,(H,19,20)(H,16,17,18). The van der Waals surface area contributed by atoms with Gasteiger partial charge in [-0.3, -0.25) is 0 Å². The first-order chi connectivity index (χ1) is 9.72. The van der Waals surface area contributed by atoms with Crippen molar-refractivity contribution < 1.29 is 9.90 Å². The van der Waals surface area contributed by atoms with Crippen LogP contribution in [0.3, 0.4) is 0 Å². The van der Waals surface area contributed by atoms with E-state index >= 15 is 0 Å². The second kappa shape index (κ2) is 5.77. The summed E-state index contributed by atoms with van der Waals surface area (Å²) in [6.07, 6.45) is 8.42. The van der Waals surface area contributed by atoms with Crippen LogP contribution in [0.1, 0.15) is 67.0 Å². The number of carboxylic acid groups (broad SMARTS) is 1. The molecule has 108 valence electrons. The van der Waals surface area contributed by atoms with Gasteiger partial charge in [-0.2, -0.15) is 0 Å². The Balaban J connectivity index is 1.80. The smallest absolute Gasteiger partial charge is 0.354 e. The number of hydrogen-bond donors (Lipinski definition) is 2. The number of nitrogens with one attached hydrogen (secondary N) is 1. The van der Waals surface area contributed by atoms with Gasteiger partial charge in [0.1, 0.15) is 0 Å². The quantitative estimate of drug-likeness (QED) is 0.863. The fraction of sp³-hybridized carbons (Fsp3) is 0.667. The number of aromatic carboxylic acids is 1. The van der Waals surface area contributed by atoms with Gasteiger partial charge in [-0.1, -0.05) is 19.3 Å². The molecule has 0 atom stereocenters. The first kappa shape index (κ1) is 13.3. The molecular weight excluding hydrogens is 254 g/mol. The van der Waals surface area contributed by atoms with Crippen molar-refractivity contribution in [2.45, 2.75) is 50.9 Å². The van der Waals surface area contributed by atoms with Crippen LogP contribution in [0.15, 0.2) is 6.07 Å². The highest BCUT2D eigenvalue weighted by molar-refractivity contribution is 5.85. The minimum Gasteiger partial charge on any atom is -0.477 e. The van der Waals surface area contributed by atoms with Crippen molar-refractivity contribution in [2.24, 2.45) is 5.92 Å². The molecule has 1 aromatic rings. The molecule has 0 radical (unpaired) electrons. The number of rotatable bonds is 5. The van der Waals surface area contributed by atoms with Gasteiger partial charge in [0.25, 0.3) is 0 Å². The van der Waals surface area contributed by atoms with E-state index < -0.39 is 5.97 Å². The Kier molecular flexibility index (Phi) is 3.85. The number of nitrogens with zero attached hydrogens (tertiary/aromatic N) is 2. The number of carbonyl (C=O) groups is 1. The SMILES string of the molecule is O=C(O)c1cc(C2CCCCC2)nc(NCC2CC2)n1. The van der Waals surface area contributed by atoms with E-state index in [4.69, 9.17) is 0 Å². The zero-order valence-corrected chi connectivity index (χ0v) is 11.6. The summed E-state index contributed by atoms with van der Waals surface area (Å²) in [4.78, 5) is 19.9. The number of carboxylic acids is 1. The van der Waals surface area contributed by atoms with Crippen molar-refractivity contribution in [1.82, 2.24) is 9.97 Å². The van der Waals surface area contributed by atoms with Gasteiger partial charge in [-0.15, -0.1) is 0 Å². The Morgan fingerprint density at radius 2 is 1.95 bits per heavy atom. The highest BCUT2D eigenvalue weighted by Gasteiger charge is 2.23. The van der Waals surface area contributed by atoms with E-state index in [1.807, 2.05) is 0 Å². The van der Waals surface area contributed by atoms with Gasteiger partial charge in [-0.05, 0) is 37.7 Å². The fourth-order valence-electron chi connectivity index (χ4n) is 2.82. The van der Waals surface area contributed by atoms with Crippen molar-refractivity contribution in [1.29, 1.82) is 0 Å². The molecule has 0 aromatic carbocycles. The molecule has 0 saturated heterocycles. The van der Waals surface area contributed by atoms with Crippen molar-refractivity contribution in [3.63, 3.8) is 0 Å². The molecule has 2 saturated carbocycles. The molecule has 0 unspecified atom stereocenters. The maximum Gasteiger partial charge on any atom is 0.354 e. The lowest BCUT2D eigenvalue weighted by Crippen LogP contribution is -2.14. The van der Waals surface area contributed by atoms with Gasteiger partial charge in [0.05, 0.1) is 0 Å². The van der Waals surface area contributed by atoms with Crippen molar-refractivity contribution in [3.05, 3.63) is 17.5 Å². The molecule has 0 amide bonds. The van der Waals surface area contributed by atoms with Crippen LogP contribution in [0.5, 0.6) is 0 Å². The van der Waals surface area contributed by atoms with E-state index in [2.05, 4.69) is 15.3 Å². The summed E-state index contributed by atoms with van der Waals surface area (Å²) in [5.74, 6) is 0.618. The molecular formula is C15H21N3O2. The highest BCUT2D eigenvalue weighted by Crippen LogP contribution is 2.32. The summed E-state index contributed by atoms with van der Waals surface area (Å²) in [5, 5.41) is 12.4. The summed E-state index contributed by atoms with van der Waals surface area (Å²) in [6, 6.07) is 1.65. The maximum atomic E-state index is 11.2. The third-order valence-corrected chi connectivity index (χ3v) is 4.23. The van der Waals surface area contributed by atoms with Gasteiger partial charge >= 0.3 is 5.97 Å². The van der Waals surface area contributed by atoms with Crippen LogP contribution in [0.4, 0.5) is 5.95 Å². The monoisotopic (exact) mass is 275 g/mol. The molecule has 2 aliphatic carbocycles. The Morgan fingerprint density at radius 3 is 2.60 bits per heavy atom. The molecule has 0 bridgehead atoms. The Morgan fingerprint density at radius 1 is 1.20 bits per heavy atom. The number of aromatic nitrogens is 2. The van der Waals surface area contributed by atoms with E-state index in [0.29, 0.717) is 17.8 Å². The maximum absolute atomic E-state index is 11.2. The summed E-state index contributed by atoms with van der Waals surface area (Å²) in [6.45, 7) is 0.854. The molecule has 20 heavy (non-hydrogen) atoms. The second-order valence-electron chi connectivity index (χ2n) is 5.97. The van der Waals surface area contributed by atoms with E-state index in [9.17, 15) is 9.90 Å². The summed E-state index contributed by atoms with van der Waals surface area (Å²) in [7, 11) is 0. The van der Waals surface area contributed by atoms with Gasteiger partial charge in [0, 0.05) is 18.2 Å². The van der Waals surface area contributed by atoms with Crippen LogP contribution in [0, 0.1) is 5.92 Å². The van der Waals surface area contributed by atoms with E-state index in [1.165, 1.54) is 32.1 Å². The molecule has 0 spiro atoms. The van der Waals surface area contributed by atoms with Crippen molar-refractivity contribution >= 4 is 11.9 Å². The molecule has 3 rings (SSSR count). The third kappa shape index (κ3) is 3.26. The van der Waals surface area contributed by atoms with E-state index in [1.54, 1.807) is 6.07 Å². The minimum absolute atomic E-state index is 0.110. The van der Waals surface area contributed by atoms with Crippen LogP contribution < -0.4 is 5.32 Å². The molecule has 0 aliphatic heterocycles. The average molecular weight is 275 g/mol. The molecule has 2 fully saturated rings. The summed E-state index contributed by atoms with van der Waals surface area (Å²) >= 11 is 0. The zero-order valence-electron chi connectivity index (χ0n) is 11.6. The highest BCUT2D eigenvalue weighted by atomic mass is 16.4. The Labute approximate surface area is 118 Å². The first-order valence-electron chi connectivity index (χ1n) is 7.58. The average Bonchev–Trinajstić information content (AvgIpc) is 3.30. The predicted octanol–water partition coefficient (Wildman–Crippen LogP) is 3.04. The minimum atomic E-state index is -0.973. The fourth-order valence-corrected chi connectivity index (χ4v) is 2.82. The van der Waals surface area contributed by atoms with Crippen LogP contribution in [-0.2, 0) is 0 Å². The van der Waals surface area contributed by atoms with Crippen LogP contribution in [0.2, 0.25) is 0 Å². The van der Waals surface area contributed by atoms with Crippen LogP contribution >= 0.6 is 0 Å². The van der Waals surface area contributed by atoms with Crippen LogP contribution in [-0.4, -0.2) is 27.6 Å². The normalized spacial score (nSPS) is 19.8. The van der Waals surface area contributed by atoms with Crippen molar-refractivity contribution in [2.75, 3.05) is 11.9 Å². The lowest BCUT2D eigenvalue weighted by molar-refractivity contribution is 0.0690. The Bertz CT molecular complexity index is 494. The largest absolute Gasteiger partial charge is 0.477 e. The second-order valence-corrected chi connectivity index (χ2v) is 5.97. The third-order valence-electron chi connectivity index (χ3n) is 4.23. The molecule has 5 heteroatoms. The van der Waals surface area contributed by atoms with Crippen LogP contribution in [0.25, 0.3) is 0 Å².